The molecule has 2 aliphatic rings. The van der Waals surface area contributed by atoms with Gasteiger partial charge in [-0.2, -0.15) is 0 Å². The van der Waals surface area contributed by atoms with E-state index in [4.69, 9.17) is 0 Å². The Kier molecular flexibility index (Phi) is 2.82. The van der Waals surface area contributed by atoms with Crippen LogP contribution in [0.2, 0.25) is 18.6 Å². The van der Waals surface area contributed by atoms with Crippen LogP contribution in [-0.4, -0.2) is 13.9 Å². The van der Waals surface area contributed by atoms with Gasteiger partial charge in [0.1, 0.15) is 0 Å². The highest BCUT2D eigenvalue weighted by Crippen LogP contribution is 2.47. The maximum Gasteiger partial charge on any atom is 0.166 e. The second kappa shape index (κ2) is 4.17. The third-order valence-corrected chi connectivity index (χ3v) is 9.70. The fourth-order valence-corrected chi connectivity index (χ4v) is 7.90. The van der Waals surface area contributed by atoms with Gasteiger partial charge in [-0.3, -0.25) is 4.79 Å². The van der Waals surface area contributed by atoms with Gasteiger partial charge < -0.3 is 0 Å². The van der Waals surface area contributed by atoms with Gasteiger partial charge in [0, 0.05) is 11.5 Å². The molecule has 1 heterocycles. The monoisotopic (exact) mass is 270 g/mol. The van der Waals surface area contributed by atoms with Gasteiger partial charge >= 0.3 is 0 Å². The van der Waals surface area contributed by atoms with Crippen LogP contribution >= 0.6 is 0 Å². The van der Waals surface area contributed by atoms with Gasteiger partial charge in [-0.15, -0.1) is 0 Å². The number of carbonyl (C=O) groups excluding carboxylic acids is 1. The molecule has 0 amide bonds. The summed E-state index contributed by atoms with van der Waals surface area (Å²) < 4.78 is 0. The molecule has 2 heteroatoms. The molecular formula is C17H22OSi. The number of benzene rings is 1. The van der Waals surface area contributed by atoms with Crippen molar-refractivity contribution in [1.29, 1.82) is 0 Å². The van der Waals surface area contributed by atoms with E-state index in [1.165, 1.54) is 16.3 Å². The van der Waals surface area contributed by atoms with Crippen molar-refractivity contribution in [2.24, 2.45) is 5.92 Å². The van der Waals surface area contributed by atoms with Crippen molar-refractivity contribution in [3.63, 3.8) is 0 Å². The maximum absolute atomic E-state index is 12.8. The molecule has 0 bridgehead atoms. The smallest absolute Gasteiger partial charge is 0.166 e. The summed E-state index contributed by atoms with van der Waals surface area (Å²) in [6.07, 6.45) is 2.12. The molecule has 1 aromatic rings. The van der Waals surface area contributed by atoms with Crippen LogP contribution in [0, 0.1) is 5.92 Å². The van der Waals surface area contributed by atoms with Crippen LogP contribution in [0.4, 0.5) is 0 Å². The van der Waals surface area contributed by atoms with Crippen LogP contribution in [0.5, 0.6) is 0 Å². The molecule has 1 aliphatic carbocycles. The fourth-order valence-electron chi connectivity index (χ4n) is 3.99. The first-order chi connectivity index (χ1) is 8.93. The van der Waals surface area contributed by atoms with Crippen molar-refractivity contribution in [1.82, 2.24) is 0 Å². The van der Waals surface area contributed by atoms with E-state index >= 15 is 0 Å². The molecule has 0 fully saturated rings. The van der Waals surface area contributed by atoms with E-state index in [1.807, 2.05) is 12.1 Å². The van der Waals surface area contributed by atoms with E-state index in [0.29, 0.717) is 11.3 Å². The maximum atomic E-state index is 12.8. The normalized spacial score (nSPS) is 28.9. The zero-order valence-corrected chi connectivity index (χ0v) is 13.3. The molecule has 0 radical (unpaired) electrons. The summed E-state index contributed by atoms with van der Waals surface area (Å²) >= 11 is 0. The summed E-state index contributed by atoms with van der Waals surface area (Å²) in [6.45, 7) is 9.35. The Bertz CT molecular complexity index is 583. The molecule has 1 aromatic carbocycles. The quantitative estimate of drug-likeness (QED) is 0.516. The van der Waals surface area contributed by atoms with E-state index in [2.05, 4.69) is 39.1 Å². The Morgan fingerprint density at radius 3 is 2.42 bits per heavy atom. The van der Waals surface area contributed by atoms with E-state index in [0.717, 1.165) is 18.4 Å². The number of Topliss-reactive ketones (excluding diaryl/α,β-unsaturated/α-hetero) is 1. The van der Waals surface area contributed by atoms with E-state index < -0.39 is 8.07 Å². The minimum absolute atomic E-state index is 0.250. The first-order valence-electron chi connectivity index (χ1n) is 7.22. The first-order valence-corrected chi connectivity index (χ1v) is 10.3. The largest absolute Gasteiger partial charge is 0.294 e. The second-order valence-electron chi connectivity index (χ2n) is 6.81. The SMILES string of the molecule is CC1=C(C)CC2C(C1)C(=O)c1ccccc1[Si]2(C)C. The van der Waals surface area contributed by atoms with Crippen LogP contribution in [0.3, 0.4) is 0 Å². The summed E-state index contributed by atoms with van der Waals surface area (Å²) in [5.74, 6) is 0.652. The van der Waals surface area contributed by atoms with Gasteiger partial charge in [-0.05, 0) is 37.4 Å². The molecule has 0 saturated heterocycles. The van der Waals surface area contributed by atoms with Gasteiger partial charge in [0.05, 0.1) is 8.07 Å². The summed E-state index contributed by atoms with van der Waals surface area (Å²) in [7, 11) is -1.54. The molecular weight excluding hydrogens is 248 g/mol. The molecule has 1 nitrogen and oxygen atoms in total. The zero-order valence-electron chi connectivity index (χ0n) is 12.3. The van der Waals surface area contributed by atoms with Gasteiger partial charge in [-0.25, -0.2) is 0 Å². The third-order valence-electron chi connectivity index (χ3n) is 5.42. The summed E-state index contributed by atoms with van der Waals surface area (Å²) in [6, 6.07) is 8.36. The zero-order chi connectivity index (χ0) is 13.8. The van der Waals surface area contributed by atoms with Crippen molar-refractivity contribution < 1.29 is 4.79 Å². The molecule has 1 aliphatic heterocycles. The molecule has 0 saturated carbocycles. The van der Waals surface area contributed by atoms with Crippen LogP contribution in [0.25, 0.3) is 0 Å². The lowest BCUT2D eigenvalue weighted by atomic mass is 9.80. The molecule has 3 rings (SSSR count). The standard InChI is InChI=1S/C17H22OSi/c1-11-9-14-16(10-12(11)2)19(3,4)15-8-6-5-7-13(15)17(14)18/h5-8,14,16H,9-10H2,1-4H3. The van der Waals surface area contributed by atoms with Crippen molar-refractivity contribution >= 4 is 19.0 Å². The van der Waals surface area contributed by atoms with E-state index in [-0.39, 0.29) is 5.92 Å². The van der Waals surface area contributed by atoms with Crippen LogP contribution in [0.15, 0.2) is 35.4 Å². The molecule has 0 aromatic heterocycles. The summed E-state index contributed by atoms with van der Waals surface area (Å²) in [5, 5.41) is 1.38. The molecule has 2 atom stereocenters. The van der Waals surface area contributed by atoms with Gasteiger partial charge in [0.15, 0.2) is 5.78 Å². The average molecular weight is 270 g/mol. The highest BCUT2D eigenvalue weighted by molar-refractivity contribution is 6.92. The predicted octanol–water partition coefficient (Wildman–Crippen LogP) is 3.91. The lowest BCUT2D eigenvalue weighted by molar-refractivity contribution is 0.0904. The minimum Gasteiger partial charge on any atom is -0.294 e. The van der Waals surface area contributed by atoms with E-state index in [9.17, 15) is 4.79 Å². The molecule has 100 valence electrons. The minimum atomic E-state index is -1.54. The lowest BCUT2D eigenvalue weighted by Crippen LogP contribution is -2.57. The number of ketones is 1. The third kappa shape index (κ3) is 1.77. The van der Waals surface area contributed by atoms with E-state index in [1.54, 1.807) is 0 Å². The molecule has 0 spiro atoms. The van der Waals surface area contributed by atoms with Crippen LogP contribution in [-0.2, 0) is 0 Å². The predicted molar refractivity (Wildman–Crippen MR) is 82.7 cm³/mol. The van der Waals surface area contributed by atoms with Gasteiger partial charge in [0.25, 0.3) is 0 Å². The van der Waals surface area contributed by atoms with Crippen molar-refractivity contribution in [3.05, 3.63) is 41.0 Å². The summed E-state index contributed by atoms with van der Waals surface area (Å²) in [4.78, 5) is 12.8. The Balaban J connectivity index is 2.16. The van der Waals surface area contributed by atoms with Gasteiger partial charge in [-0.1, -0.05) is 48.5 Å². The van der Waals surface area contributed by atoms with Crippen LogP contribution < -0.4 is 5.19 Å². The van der Waals surface area contributed by atoms with Crippen molar-refractivity contribution in [2.75, 3.05) is 0 Å². The highest BCUT2D eigenvalue weighted by atomic mass is 28.3. The number of rotatable bonds is 0. The second-order valence-corrected chi connectivity index (χ2v) is 11.5. The molecule has 19 heavy (non-hydrogen) atoms. The number of fused-ring (bicyclic) bond motifs is 2. The Morgan fingerprint density at radius 1 is 1.05 bits per heavy atom. The number of carbonyl (C=O) groups is 1. The summed E-state index contributed by atoms with van der Waals surface area (Å²) in [5.41, 5.74) is 4.58. The lowest BCUT2D eigenvalue weighted by Gasteiger charge is -2.46. The average Bonchev–Trinajstić information content (AvgIpc) is 2.39. The molecule has 0 N–H and O–H groups in total. The number of allylic oxidation sites excluding steroid dienone is 2. The topological polar surface area (TPSA) is 17.1 Å². The Labute approximate surface area is 116 Å². The van der Waals surface area contributed by atoms with Crippen molar-refractivity contribution in [2.45, 2.75) is 45.3 Å². The Hall–Kier alpha value is -1.15. The van der Waals surface area contributed by atoms with Gasteiger partial charge in [0.2, 0.25) is 0 Å². The number of hydrogen-bond acceptors (Lipinski definition) is 1. The number of hydrogen-bond donors (Lipinski definition) is 0. The first kappa shape index (κ1) is 12.9. The fraction of sp³-hybridized carbons (Fsp3) is 0.471. The highest BCUT2D eigenvalue weighted by Gasteiger charge is 2.49. The Morgan fingerprint density at radius 2 is 1.68 bits per heavy atom. The molecule has 2 unspecified atom stereocenters. The van der Waals surface area contributed by atoms with Crippen LogP contribution in [0.1, 0.15) is 37.0 Å². The van der Waals surface area contributed by atoms with Crippen molar-refractivity contribution in [3.8, 4) is 0 Å².